The number of ether oxygens (including phenoxy) is 2. The van der Waals surface area contributed by atoms with Crippen molar-refractivity contribution in [2.75, 3.05) is 20.3 Å². The number of rotatable bonds is 8. The first-order valence-electron chi connectivity index (χ1n) is 6.88. The normalized spacial score (nSPS) is 10.4. The molecule has 1 aromatic rings. The van der Waals surface area contributed by atoms with E-state index in [0.717, 1.165) is 17.7 Å². The van der Waals surface area contributed by atoms with E-state index in [1.807, 2.05) is 38.1 Å². The Balaban J connectivity index is 2.25. The zero-order valence-electron chi connectivity index (χ0n) is 12.4. The standard InChI is InChI=1S/C15H24N2O3/c1-12(2)20-14-7-5-13(6-8-14)11-17-15(18)16-9-4-10-19-3/h5-8,12H,4,9-11H2,1-3H3,(H2,16,17,18). The first-order chi connectivity index (χ1) is 9.61. The van der Waals surface area contributed by atoms with E-state index in [9.17, 15) is 4.79 Å². The molecule has 0 radical (unpaired) electrons. The van der Waals surface area contributed by atoms with Gasteiger partial charge in [0.2, 0.25) is 0 Å². The largest absolute Gasteiger partial charge is 0.491 e. The van der Waals surface area contributed by atoms with Crippen molar-refractivity contribution in [2.45, 2.75) is 32.9 Å². The lowest BCUT2D eigenvalue weighted by molar-refractivity contribution is 0.193. The van der Waals surface area contributed by atoms with Gasteiger partial charge in [-0.05, 0) is 38.0 Å². The van der Waals surface area contributed by atoms with E-state index >= 15 is 0 Å². The minimum Gasteiger partial charge on any atom is -0.491 e. The SMILES string of the molecule is COCCCNC(=O)NCc1ccc(OC(C)C)cc1. The Morgan fingerprint density at radius 2 is 1.90 bits per heavy atom. The van der Waals surface area contributed by atoms with Crippen LogP contribution in [0.3, 0.4) is 0 Å². The number of nitrogens with one attached hydrogen (secondary N) is 2. The van der Waals surface area contributed by atoms with E-state index in [1.54, 1.807) is 7.11 Å². The van der Waals surface area contributed by atoms with Crippen LogP contribution in [0.1, 0.15) is 25.8 Å². The summed E-state index contributed by atoms with van der Waals surface area (Å²) < 4.78 is 10.5. The Morgan fingerprint density at radius 1 is 1.20 bits per heavy atom. The van der Waals surface area contributed by atoms with Crippen LogP contribution < -0.4 is 15.4 Å². The zero-order chi connectivity index (χ0) is 14.8. The fourth-order valence-corrected chi connectivity index (χ4v) is 1.62. The fourth-order valence-electron chi connectivity index (χ4n) is 1.62. The van der Waals surface area contributed by atoms with Crippen molar-refractivity contribution < 1.29 is 14.3 Å². The Morgan fingerprint density at radius 3 is 2.50 bits per heavy atom. The smallest absolute Gasteiger partial charge is 0.315 e. The highest BCUT2D eigenvalue weighted by Gasteiger charge is 2.01. The van der Waals surface area contributed by atoms with E-state index in [1.165, 1.54) is 0 Å². The monoisotopic (exact) mass is 280 g/mol. The van der Waals surface area contributed by atoms with Gasteiger partial charge < -0.3 is 20.1 Å². The number of hydrogen-bond acceptors (Lipinski definition) is 3. The third kappa shape index (κ3) is 6.99. The molecule has 0 aromatic heterocycles. The Bertz CT molecular complexity index is 391. The van der Waals surface area contributed by atoms with Crippen LogP contribution in [0.4, 0.5) is 4.79 Å². The van der Waals surface area contributed by atoms with Crippen LogP contribution in [0.2, 0.25) is 0 Å². The van der Waals surface area contributed by atoms with Gasteiger partial charge in [-0.15, -0.1) is 0 Å². The van der Waals surface area contributed by atoms with Crippen LogP contribution >= 0.6 is 0 Å². The van der Waals surface area contributed by atoms with Crippen LogP contribution in [0, 0.1) is 0 Å². The molecule has 0 aliphatic rings. The highest BCUT2D eigenvalue weighted by atomic mass is 16.5. The molecule has 0 saturated heterocycles. The van der Waals surface area contributed by atoms with E-state index in [2.05, 4.69) is 10.6 Å². The van der Waals surface area contributed by atoms with Gasteiger partial charge in [-0.1, -0.05) is 12.1 Å². The number of carbonyl (C=O) groups excluding carboxylic acids is 1. The van der Waals surface area contributed by atoms with Gasteiger partial charge in [0.1, 0.15) is 5.75 Å². The summed E-state index contributed by atoms with van der Waals surface area (Å²) in [6, 6.07) is 7.55. The predicted octanol–water partition coefficient (Wildman–Crippen LogP) is 2.31. The lowest BCUT2D eigenvalue weighted by atomic mass is 10.2. The number of methoxy groups -OCH3 is 1. The molecule has 0 aliphatic carbocycles. The minimum atomic E-state index is -0.163. The molecule has 0 fully saturated rings. The summed E-state index contributed by atoms with van der Waals surface area (Å²) in [5.74, 6) is 0.841. The highest BCUT2D eigenvalue weighted by Crippen LogP contribution is 2.13. The fraction of sp³-hybridized carbons (Fsp3) is 0.533. The summed E-state index contributed by atoms with van der Waals surface area (Å²) >= 11 is 0. The Labute approximate surface area is 120 Å². The van der Waals surface area contributed by atoms with Crippen molar-refractivity contribution in [3.63, 3.8) is 0 Å². The summed E-state index contributed by atoms with van der Waals surface area (Å²) in [7, 11) is 1.65. The number of carbonyl (C=O) groups is 1. The zero-order valence-corrected chi connectivity index (χ0v) is 12.4. The maximum Gasteiger partial charge on any atom is 0.315 e. The highest BCUT2D eigenvalue weighted by molar-refractivity contribution is 5.73. The van der Waals surface area contributed by atoms with Gasteiger partial charge in [0.25, 0.3) is 0 Å². The number of hydrogen-bond donors (Lipinski definition) is 2. The molecular weight excluding hydrogens is 256 g/mol. The van der Waals surface area contributed by atoms with E-state index in [4.69, 9.17) is 9.47 Å². The van der Waals surface area contributed by atoms with Gasteiger partial charge in [-0.3, -0.25) is 0 Å². The molecule has 0 unspecified atom stereocenters. The molecule has 2 amide bonds. The topological polar surface area (TPSA) is 59.6 Å². The second kappa shape index (κ2) is 9.20. The molecule has 5 heteroatoms. The quantitative estimate of drug-likeness (QED) is 0.718. The lowest BCUT2D eigenvalue weighted by Gasteiger charge is -2.11. The van der Waals surface area contributed by atoms with Crippen LogP contribution in [-0.2, 0) is 11.3 Å². The average Bonchev–Trinajstić information content (AvgIpc) is 2.42. The second-order valence-corrected chi connectivity index (χ2v) is 4.77. The van der Waals surface area contributed by atoms with Crippen molar-refractivity contribution in [2.24, 2.45) is 0 Å². The molecule has 0 heterocycles. The molecule has 20 heavy (non-hydrogen) atoms. The first kappa shape index (κ1) is 16.3. The van der Waals surface area contributed by atoms with Crippen molar-refractivity contribution in [3.05, 3.63) is 29.8 Å². The van der Waals surface area contributed by atoms with E-state index in [-0.39, 0.29) is 12.1 Å². The average molecular weight is 280 g/mol. The van der Waals surface area contributed by atoms with Crippen LogP contribution in [-0.4, -0.2) is 32.4 Å². The molecule has 0 spiro atoms. The Kier molecular flexibility index (Phi) is 7.50. The van der Waals surface area contributed by atoms with E-state index < -0.39 is 0 Å². The van der Waals surface area contributed by atoms with Crippen LogP contribution in [0.5, 0.6) is 5.75 Å². The summed E-state index contributed by atoms with van der Waals surface area (Å²) in [6.07, 6.45) is 0.974. The molecule has 112 valence electrons. The minimum absolute atomic E-state index is 0.163. The van der Waals surface area contributed by atoms with Crippen LogP contribution in [0.25, 0.3) is 0 Å². The van der Waals surface area contributed by atoms with Gasteiger partial charge in [0, 0.05) is 26.8 Å². The van der Waals surface area contributed by atoms with Crippen molar-refractivity contribution in [1.29, 1.82) is 0 Å². The molecule has 0 saturated carbocycles. The summed E-state index contributed by atoms with van der Waals surface area (Å²) in [5.41, 5.74) is 1.04. The lowest BCUT2D eigenvalue weighted by Crippen LogP contribution is -2.35. The molecule has 0 atom stereocenters. The maximum absolute atomic E-state index is 11.5. The number of amides is 2. The number of benzene rings is 1. The molecular formula is C15H24N2O3. The van der Waals surface area contributed by atoms with Gasteiger partial charge in [-0.2, -0.15) is 0 Å². The van der Waals surface area contributed by atoms with Crippen molar-refractivity contribution in [3.8, 4) is 5.75 Å². The molecule has 2 N–H and O–H groups in total. The third-order valence-electron chi connectivity index (χ3n) is 2.56. The maximum atomic E-state index is 11.5. The predicted molar refractivity (Wildman–Crippen MR) is 78.9 cm³/mol. The van der Waals surface area contributed by atoms with Gasteiger partial charge in [-0.25, -0.2) is 4.79 Å². The molecule has 1 rings (SSSR count). The molecule has 0 bridgehead atoms. The molecule has 0 aliphatic heterocycles. The van der Waals surface area contributed by atoms with E-state index in [0.29, 0.717) is 19.7 Å². The summed E-state index contributed by atoms with van der Waals surface area (Å²) in [6.45, 7) is 5.74. The summed E-state index contributed by atoms with van der Waals surface area (Å²) in [5, 5.41) is 5.57. The second-order valence-electron chi connectivity index (χ2n) is 4.77. The summed E-state index contributed by atoms with van der Waals surface area (Å²) in [4.78, 5) is 11.5. The van der Waals surface area contributed by atoms with Gasteiger partial charge in [0.15, 0.2) is 0 Å². The van der Waals surface area contributed by atoms with Crippen LogP contribution in [0.15, 0.2) is 24.3 Å². The third-order valence-corrected chi connectivity index (χ3v) is 2.56. The van der Waals surface area contributed by atoms with Gasteiger partial charge in [0.05, 0.1) is 6.10 Å². The Hall–Kier alpha value is -1.75. The molecule has 5 nitrogen and oxygen atoms in total. The molecule has 1 aromatic carbocycles. The first-order valence-corrected chi connectivity index (χ1v) is 6.88. The van der Waals surface area contributed by atoms with Crippen molar-refractivity contribution in [1.82, 2.24) is 10.6 Å². The van der Waals surface area contributed by atoms with Gasteiger partial charge >= 0.3 is 6.03 Å². The van der Waals surface area contributed by atoms with Crippen molar-refractivity contribution >= 4 is 6.03 Å². The number of urea groups is 1.